The third kappa shape index (κ3) is 4.03. The molecule has 7 heteroatoms. The van der Waals surface area contributed by atoms with Crippen LogP contribution in [0.4, 0.5) is 13.2 Å². The summed E-state index contributed by atoms with van der Waals surface area (Å²) >= 11 is 0. The van der Waals surface area contributed by atoms with Crippen LogP contribution < -0.4 is 5.32 Å². The molecule has 4 nitrogen and oxygen atoms in total. The fraction of sp³-hybridized carbons (Fsp3) is 0.500. The van der Waals surface area contributed by atoms with Crippen molar-refractivity contribution in [3.8, 4) is 0 Å². The second-order valence-corrected chi connectivity index (χ2v) is 5.30. The Morgan fingerprint density at radius 2 is 1.86 bits per heavy atom. The van der Waals surface area contributed by atoms with Gasteiger partial charge in [0.05, 0.1) is 12.0 Å². The number of Topliss-reactive ketones (excluding diaryl/α,β-unsaturated/α-hetero) is 1. The van der Waals surface area contributed by atoms with Crippen molar-refractivity contribution in [2.24, 2.45) is 5.41 Å². The molecule has 1 N–H and O–H groups in total. The molecule has 0 bridgehead atoms. The number of pyridine rings is 1. The molecule has 1 amide bonds. The van der Waals surface area contributed by atoms with E-state index in [9.17, 15) is 22.8 Å². The van der Waals surface area contributed by atoms with Gasteiger partial charge in [-0.25, -0.2) is 0 Å². The minimum absolute atomic E-state index is 0.0190. The number of aromatic nitrogens is 1. The average Bonchev–Trinajstić information content (AvgIpc) is 3.18. The maximum atomic E-state index is 12.7. The van der Waals surface area contributed by atoms with Crippen LogP contribution in [0.5, 0.6) is 0 Å². The lowest BCUT2D eigenvalue weighted by Crippen LogP contribution is -2.35. The van der Waals surface area contributed by atoms with E-state index in [0.29, 0.717) is 0 Å². The Hall–Kier alpha value is -1.92. The Bertz CT molecular complexity index is 525. The summed E-state index contributed by atoms with van der Waals surface area (Å²) in [7, 11) is 0. The monoisotopic (exact) mass is 300 g/mol. The van der Waals surface area contributed by atoms with Gasteiger partial charge in [-0.15, -0.1) is 0 Å². The molecule has 0 aliphatic heterocycles. The zero-order chi connectivity index (χ0) is 15.5. The summed E-state index contributed by atoms with van der Waals surface area (Å²) in [6.45, 7) is -0.255. The van der Waals surface area contributed by atoms with Gasteiger partial charge in [-0.05, 0) is 30.5 Å². The molecule has 0 aromatic carbocycles. The molecule has 1 aliphatic carbocycles. The molecule has 0 spiro atoms. The van der Waals surface area contributed by atoms with E-state index in [0.717, 1.165) is 5.56 Å². The number of hydrogen-bond donors (Lipinski definition) is 1. The highest BCUT2D eigenvalue weighted by Gasteiger charge is 2.63. The minimum atomic E-state index is -4.36. The molecule has 0 unspecified atom stereocenters. The normalized spacial score (nSPS) is 16.3. The smallest absolute Gasteiger partial charge is 0.349 e. The SMILES string of the molecule is O=C(CNC(=O)CC1(C(F)(F)F)CC1)Cc1ccncc1. The standard InChI is InChI=1S/C14H15F3N2O2/c15-14(16,17)13(3-4-13)8-12(21)19-9-11(20)7-10-1-5-18-6-2-10/h1-2,5-6H,3-4,7-9H2,(H,19,21). The zero-order valence-electron chi connectivity index (χ0n) is 11.2. The van der Waals surface area contributed by atoms with Crippen LogP contribution in [-0.4, -0.2) is 29.4 Å². The summed E-state index contributed by atoms with van der Waals surface area (Å²) in [6.07, 6.45) is -1.79. The summed E-state index contributed by atoms with van der Waals surface area (Å²) in [4.78, 5) is 27.0. The first-order chi connectivity index (χ1) is 9.82. The van der Waals surface area contributed by atoms with Crippen LogP contribution in [0.25, 0.3) is 0 Å². The van der Waals surface area contributed by atoms with Gasteiger partial charge in [0.2, 0.25) is 5.91 Å². The number of rotatable bonds is 6. The molecule has 21 heavy (non-hydrogen) atoms. The van der Waals surface area contributed by atoms with E-state index in [2.05, 4.69) is 10.3 Å². The van der Waals surface area contributed by atoms with E-state index in [1.54, 1.807) is 24.5 Å². The van der Waals surface area contributed by atoms with Crippen LogP contribution in [0.2, 0.25) is 0 Å². The van der Waals surface area contributed by atoms with E-state index in [1.165, 1.54) is 0 Å². The Balaban J connectivity index is 1.76. The van der Waals surface area contributed by atoms with Crippen LogP contribution in [0.1, 0.15) is 24.8 Å². The number of carbonyl (C=O) groups excluding carboxylic acids is 2. The van der Waals surface area contributed by atoms with Crippen molar-refractivity contribution >= 4 is 11.7 Å². The number of ketones is 1. The molecule has 1 aliphatic rings. The molecule has 1 heterocycles. The molecule has 0 radical (unpaired) electrons. The van der Waals surface area contributed by atoms with Crippen molar-refractivity contribution in [1.82, 2.24) is 10.3 Å². The largest absolute Gasteiger partial charge is 0.395 e. The van der Waals surface area contributed by atoms with Gasteiger partial charge < -0.3 is 5.32 Å². The van der Waals surface area contributed by atoms with E-state index in [4.69, 9.17) is 0 Å². The van der Waals surface area contributed by atoms with Crippen molar-refractivity contribution in [2.75, 3.05) is 6.54 Å². The van der Waals surface area contributed by atoms with Crippen LogP contribution in [0.15, 0.2) is 24.5 Å². The number of hydrogen-bond acceptors (Lipinski definition) is 3. The van der Waals surface area contributed by atoms with Crippen molar-refractivity contribution in [2.45, 2.75) is 31.9 Å². The van der Waals surface area contributed by atoms with Gasteiger partial charge in [0.1, 0.15) is 0 Å². The molecular formula is C14H15F3N2O2. The van der Waals surface area contributed by atoms with Crippen LogP contribution >= 0.6 is 0 Å². The van der Waals surface area contributed by atoms with Gasteiger partial charge in [0.25, 0.3) is 0 Å². The zero-order valence-corrected chi connectivity index (χ0v) is 11.2. The second kappa shape index (κ2) is 5.83. The summed E-state index contributed by atoms with van der Waals surface area (Å²) < 4.78 is 38.1. The van der Waals surface area contributed by atoms with E-state index >= 15 is 0 Å². The van der Waals surface area contributed by atoms with Crippen LogP contribution in [0.3, 0.4) is 0 Å². The molecule has 1 saturated carbocycles. The summed E-state index contributed by atoms with van der Waals surface area (Å²) in [5, 5.41) is 2.27. The fourth-order valence-corrected chi connectivity index (χ4v) is 2.07. The third-order valence-corrected chi connectivity index (χ3v) is 3.59. The maximum Gasteiger partial charge on any atom is 0.395 e. The van der Waals surface area contributed by atoms with Gasteiger partial charge >= 0.3 is 6.18 Å². The molecular weight excluding hydrogens is 285 g/mol. The fourth-order valence-electron chi connectivity index (χ4n) is 2.07. The molecule has 1 fully saturated rings. The number of halogens is 3. The number of alkyl halides is 3. The number of amides is 1. The first-order valence-electron chi connectivity index (χ1n) is 6.56. The minimum Gasteiger partial charge on any atom is -0.349 e. The van der Waals surface area contributed by atoms with Crippen LogP contribution in [0, 0.1) is 5.41 Å². The third-order valence-electron chi connectivity index (χ3n) is 3.59. The summed E-state index contributed by atoms with van der Waals surface area (Å²) in [6, 6.07) is 3.34. The Kier molecular flexibility index (Phi) is 4.29. The van der Waals surface area contributed by atoms with Gasteiger partial charge in [0.15, 0.2) is 5.78 Å². The van der Waals surface area contributed by atoms with Crippen molar-refractivity contribution in [3.05, 3.63) is 30.1 Å². The second-order valence-electron chi connectivity index (χ2n) is 5.30. The van der Waals surface area contributed by atoms with Crippen molar-refractivity contribution < 1.29 is 22.8 Å². The highest BCUT2D eigenvalue weighted by Crippen LogP contribution is 2.59. The van der Waals surface area contributed by atoms with Crippen molar-refractivity contribution in [1.29, 1.82) is 0 Å². The molecule has 0 atom stereocenters. The Labute approximate surface area is 119 Å². The molecule has 114 valence electrons. The molecule has 2 rings (SSSR count). The first-order valence-corrected chi connectivity index (χ1v) is 6.56. The Morgan fingerprint density at radius 1 is 1.24 bits per heavy atom. The summed E-state index contributed by atoms with van der Waals surface area (Å²) in [5.74, 6) is -0.987. The lowest BCUT2D eigenvalue weighted by molar-refractivity contribution is -0.190. The predicted octanol–water partition coefficient (Wildman–Crippen LogP) is 2.04. The molecule has 1 aromatic heterocycles. The maximum absolute atomic E-state index is 12.7. The van der Waals surface area contributed by atoms with Gasteiger partial charge in [-0.2, -0.15) is 13.2 Å². The molecule has 0 saturated heterocycles. The number of nitrogens with zero attached hydrogens (tertiary/aromatic N) is 1. The Morgan fingerprint density at radius 3 is 2.38 bits per heavy atom. The van der Waals surface area contributed by atoms with Gasteiger partial charge in [-0.3, -0.25) is 14.6 Å². The van der Waals surface area contributed by atoms with Gasteiger partial charge in [0, 0.05) is 25.2 Å². The van der Waals surface area contributed by atoms with E-state index in [-0.39, 0.29) is 31.6 Å². The molecule has 1 aromatic rings. The highest BCUT2D eigenvalue weighted by atomic mass is 19.4. The van der Waals surface area contributed by atoms with Gasteiger partial charge in [-0.1, -0.05) is 0 Å². The predicted molar refractivity (Wildman–Crippen MR) is 68.3 cm³/mol. The topological polar surface area (TPSA) is 59.1 Å². The lowest BCUT2D eigenvalue weighted by atomic mass is 10.0. The van der Waals surface area contributed by atoms with E-state index < -0.39 is 23.9 Å². The highest BCUT2D eigenvalue weighted by molar-refractivity contribution is 5.87. The van der Waals surface area contributed by atoms with Crippen molar-refractivity contribution in [3.63, 3.8) is 0 Å². The van der Waals surface area contributed by atoms with Crippen LogP contribution in [-0.2, 0) is 16.0 Å². The summed E-state index contributed by atoms with van der Waals surface area (Å²) in [5.41, 5.74) is -1.12. The average molecular weight is 300 g/mol. The lowest BCUT2D eigenvalue weighted by Gasteiger charge is -2.18. The number of carbonyl (C=O) groups is 2. The number of nitrogens with one attached hydrogen (secondary N) is 1. The quantitative estimate of drug-likeness (QED) is 0.874. The first kappa shape index (κ1) is 15.5. The van der Waals surface area contributed by atoms with E-state index in [1.807, 2.05) is 0 Å².